The highest BCUT2D eigenvalue weighted by molar-refractivity contribution is 7.89. The molecule has 1 aromatic carbocycles. The van der Waals surface area contributed by atoms with Crippen LogP contribution in [0.4, 0.5) is 0 Å². The van der Waals surface area contributed by atoms with Gasteiger partial charge in [0.2, 0.25) is 10.0 Å². The second kappa shape index (κ2) is 6.70. The highest BCUT2D eigenvalue weighted by atomic mass is 32.2. The number of aliphatic hydroxyl groups is 1. The van der Waals surface area contributed by atoms with Crippen LogP contribution >= 0.6 is 11.3 Å². The van der Waals surface area contributed by atoms with Gasteiger partial charge < -0.3 is 5.11 Å². The molecular formula is C15H19NO3S2. The Balaban J connectivity index is 2.13. The Bertz CT molecular complexity index is 693. The van der Waals surface area contributed by atoms with E-state index < -0.39 is 10.0 Å². The minimum absolute atomic E-state index is 0.0810. The van der Waals surface area contributed by atoms with E-state index in [1.807, 2.05) is 37.3 Å². The maximum Gasteiger partial charge on any atom is 0.242 e. The molecule has 0 aliphatic carbocycles. The van der Waals surface area contributed by atoms with Gasteiger partial charge in [-0.25, -0.2) is 13.1 Å². The largest absolute Gasteiger partial charge is 0.391 e. The van der Waals surface area contributed by atoms with Gasteiger partial charge in [0.25, 0.3) is 0 Å². The summed E-state index contributed by atoms with van der Waals surface area (Å²) in [5.41, 5.74) is 1.76. The van der Waals surface area contributed by atoms with Gasteiger partial charge >= 0.3 is 0 Å². The van der Waals surface area contributed by atoms with E-state index in [-0.39, 0.29) is 17.4 Å². The van der Waals surface area contributed by atoms with Crippen molar-refractivity contribution >= 4 is 21.4 Å². The molecule has 4 nitrogen and oxygen atoms in total. The molecular weight excluding hydrogens is 306 g/mol. The molecule has 0 fully saturated rings. The first-order valence-corrected chi connectivity index (χ1v) is 9.04. The molecule has 2 rings (SSSR count). The monoisotopic (exact) mass is 325 g/mol. The molecule has 114 valence electrons. The topological polar surface area (TPSA) is 66.4 Å². The minimum atomic E-state index is -3.59. The van der Waals surface area contributed by atoms with Crippen molar-refractivity contribution < 1.29 is 13.5 Å². The molecule has 1 heterocycles. The van der Waals surface area contributed by atoms with Crippen LogP contribution in [0.5, 0.6) is 0 Å². The lowest BCUT2D eigenvalue weighted by Crippen LogP contribution is -2.28. The molecule has 0 aliphatic heterocycles. The second-order valence-corrected chi connectivity index (χ2v) is 7.66. The summed E-state index contributed by atoms with van der Waals surface area (Å²) in [7, 11) is -3.59. The number of hydrogen-bond donors (Lipinski definition) is 2. The van der Waals surface area contributed by atoms with Crippen molar-refractivity contribution in [2.75, 3.05) is 6.54 Å². The fourth-order valence-electron chi connectivity index (χ4n) is 2.16. The van der Waals surface area contributed by atoms with E-state index in [2.05, 4.69) is 4.72 Å². The summed E-state index contributed by atoms with van der Waals surface area (Å²) in [6.45, 7) is 3.78. The Morgan fingerprint density at radius 2 is 1.95 bits per heavy atom. The van der Waals surface area contributed by atoms with Crippen molar-refractivity contribution in [2.24, 2.45) is 0 Å². The zero-order valence-corrected chi connectivity index (χ0v) is 13.7. The van der Waals surface area contributed by atoms with Crippen LogP contribution in [0.2, 0.25) is 0 Å². The van der Waals surface area contributed by atoms with E-state index in [1.54, 1.807) is 12.3 Å². The highest BCUT2D eigenvalue weighted by Gasteiger charge is 2.23. The van der Waals surface area contributed by atoms with Crippen molar-refractivity contribution in [3.05, 3.63) is 51.7 Å². The standard InChI is InChI=1S/C15H19NO3S2/c1-11(13-6-4-3-5-7-13)8-16-21(18,19)15-12(2)10-20-14(15)9-17/h3-7,10-11,16-17H,8-9H2,1-2H3. The summed E-state index contributed by atoms with van der Waals surface area (Å²) in [4.78, 5) is 0.697. The molecule has 1 unspecified atom stereocenters. The number of aliphatic hydroxyl groups excluding tert-OH is 1. The molecule has 0 bridgehead atoms. The third-order valence-corrected chi connectivity index (χ3v) is 6.22. The SMILES string of the molecule is Cc1csc(CO)c1S(=O)(=O)NCC(C)c1ccccc1. The lowest BCUT2D eigenvalue weighted by atomic mass is 10.0. The third kappa shape index (κ3) is 3.71. The molecule has 0 amide bonds. The van der Waals surface area contributed by atoms with Crippen molar-refractivity contribution in [2.45, 2.75) is 31.3 Å². The summed E-state index contributed by atoms with van der Waals surface area (Å²) in [5.74, 6) is 0.0810. The van der Waals surface area contributed by atoms with Crippen LogP contribution in [0.15, 0.2) is 40.6 Å². The fourth-order valence-corrected chi connectivity index (χ4v) is 4.95. The van der Waals surface area contributed by atoms with Gasteiger partial charge in [-0.05, 0) is 29.3 Å². The van der Waals surface area contributed by atoms with E-state index in [9.17, 15) is 13.5 Å². The average molecular weight is 325 g/mol. The van der Waals surface area contributed by atoms with Gasteiger partial charge in [0.05, 0.1) is 11.5 Å². The van der Waals surface area contributed by atoms with E-state index in [0.717, 1.165) is 5.56 Å². The predicted octanol–water partition coefficient (Wildman–Crippen LogP) is 2.63. The van der Waals surface area contributed by atoms with Gasteiger partial charge in [0.15, 0.2) is 0 Å². The zero-order valence-electron chi connectivity index (χ0n) is 12.0. The number of hydrogen-bond acceptors (Lipinski definition) is 4. The van der Waals surface area contributed by atoms with Crippen LogP contribution < -0.4 is 4.72 Å². The zero-order chi connectivity index (χ0) is 15.5. The Hall–Kier alpha value is -1.21. The molecule has 21 heavy (non-hydrogen) atoms. The van der Waals surface area contributed by atoms with Gasteiger partial charge in [-0.2, -0.15) is 0 Å². The van der Waals surface area contributed by atoms with Gasteiger partial charge in [-0.15, -0.1) is 11.3 Å². The maximum absolute atomic E-state index is 12.4. The average Bonchev–Trinajstić information content (AvgIpc) is 2.87. The van der Waals surface area contributed by atoms with Crippen molar-refractivity contribution in [3.63, 3.8) is 0 Å². The van der Waals surface area contributed by atoms with Gasteiger partial charge in [-0.1, -0.05) is 37.3 Å². The smallest absolute Gasteiger partial charge is 0.242 e. The Labute approximate surface area is 129 Å². The number of sulfonamides is 1. The molecule has 0 spiro atoms. The van der Waals surface area contributed by atoms with E-state index in [0.29, 0.717) is 17.0 Å². The lowest BCUT2D eigenvalue weighted by molar-refractivity contribution is 0.282. The van der Waals surface area contributed by atoms with Crippen molar-refractivity contribution in [1.82, 2.24) is 4.72 Å². The summed E-state index contributed by atoms with van der Waals surface area (Å²) in [6.07, 6.45) is 0. The van der Waals surface area contributed by atoms with Crippen molar-refractivity contribution in [1.29, 1.82) is 0 Å². The van der Waals surface area contributed by atoms with Crippen LogP contribution in [0.1, 0.15) is 28.8 Å². The number of thiophene rings is 1. The summed E-state index contributed by atoms with van der Waals surface area (Å²) in [5, 5.41) is 11.0. The molecule has 0 saturated heterocycles. The Morgan fingerprint density at radius 3 is 2.57 bits per heavy atom. The van der Waals surface area contributed by atoms with Gasteiger partial charge in [-0.3, -0.25) is 0 Å². The Kier molecular flexibility index (Phi) is 5.16. The van der Waals surface area contributed by atoms with Crippen LogP contribution in [0.3, 0.4) is 0 Å². The summed E-state index contributed by atoms with van der Waals surface area (Å²) < 4.78 is 27.5. The quantitative estimate of drug-likeness (QED) is 0.858. The third-order valence-electron chi connectivity index (χ3n) is 3.35. The Morgan fingerprint density at radius 1 is 1.29 bits per heavy atom. The molecule has 1 aromatic heterocycles. The van der Waals surface area contributed by atoms with Crippen LogP contribution in [-0.2, 0) is 16.6 Å². The highest BCUT2D eigenvalue weighted by Crippen LogP contribution is 2.27. The molecule has 0 radical (unpaired) electrons. The maximum atomic E-state index is 12.4. The first-order chi connectivity index (χ1) is 9.95. The molecule has 2 aromatic rings. The predicted molar refractivity (Wildman–Crippen MR) is 85.0 cm³/mol. The second-order valence-electron chi connectivity index (χ2n) is 4.99. The van der Waals surface area contributed by atoms with Crippen molar-refractivity contribution in [3.8, 4) is 0 Å². The molecule has 0 saturated carbocycles. The summed E-state index contributed by atoms with van der Waals surface area (Å²) >= 11 is 1.26. The fraction of sp³-hybridized carbons (Fsp3) is 0.333. The van der Waals surface area contributed by atoms with Gasteiger partial charge in [0.1, 0.15) is 4.90 Å². The number of benzene rings is 1. The van der Waals surface area contributed by atoms with Crippen LogP contribution in [0.25, 0.3) is 0 Å². The first kappa shape index (κ1) is 16.2. The summed E-state index contributed by atoms with van der Waals surface area (Å²) in [6, 6.07) is 9.77. The van der Waals surface area contributed by atoms with Crippen LogP contribution in [-0.4, -0.2) is 20.1 Å². The van der Waals surface area contributed by atoms with E-state index >= 15 is 0 Å². The van der Waals surface area contributed by atoms with E-state index in [1.165, 1.54) is 11.3 Å². The molecule has 2 N–H and O–H groups in total. The lowest BCUT2D eigenvalue weighted by Gasteiger charge is -2.14. The normalized spacial score (nSPS) is 13.3. The first-order valence-electron chi connectivity index (χ1n) is 6.68. The number of rotatable bonds is 6. The minimum Gasteiger partial charge on any atom is -0.391 e. The number of aryl methyl sites for hydroxylation is 1. The molecule has 1 atom stereocenters. The van der Waals surface area contributed by atoms with Crippen LogP contribution in [0, 0.1) is 6.92 Å². The number of nitrogens with one attached hydrogen (secondary N) is 1. The molecule has 0 aliphatic rings. The molecule has 6 heteroatoms. The van der Waals surface area contributed by atoms with Gasteiger partial charge in [0, 0.05) is 6.54 Å². The van der Waals surface area contributed by atoms with E-state index in [4.69, 9.17) is 0 Å².